The molecule has 6 nitrogen and oxygen atoms in total. The molecule has 4 rings (SSSR count). The van der Waals surface area contributed by atoms with Gasteiger partial charge in [-0.2, -0.15) is 0 Å². The lowest BCUT2D eigenvalue weighted by atomic mass is 10.1. The van der Waals surface area contributed by atoms with Crippen LogP contribution in [0, 0.1) is 13.8 Å². The molecule has 0 bridgehead atoms. The Kier molecular flexibility index (Phi) is 5.74. The average molecular weight is 406 g/mol. The molecule has 1 fully saturated rings. The van der Waals surface area contributed by atoms with E-state index in [1.54, 1.807) is 7.11 Å². The molecule has 0 unspecified atom stereocenters. The Morgan fingerprint density at radius 3 is 2.53 bits per heavy atom. The van der Waals surface area contributed by atoms with E-state index in [2.05, 4.69) is 5.16 Å². The van der Waals surface area contributed by atoms with Gasteiger partial charge in [-0.3, -0.25) is 4.79 Å². The Hall–Kier alpha value is -3.28. The van der Waals surface area contributed by atoms with Crippen LogP contribution in [-0.4, -0.2) is 29.1 Å². The Morgan fingerprint density at radius 1 is 1.13 bits per heavy atom. The first kappa shape index (κ1) is 20.0. The first-order valence-corrected chi connectivity index (χ1v) is 10.1. The summed E-state index contributed by atoms with van der Waals surface area (Å²) in [5, 5.41) is 3.95. The summed E-state index contributed by atoms with van der Waals surface area (Å²) in [4.78, 5) is 15.2. The summed E-state index contributed by atoms with van der Waals surface area (Å²) in [6.45, 7) is 4.70. The van der Waals surface area contributed by atoms with Crippen LogP contribution in [0.1, 0.15) is 45.8 Å². The third kappa shape index (κ3) is 4.48. The van der Waals surface area contributed by atoms with Gasteiger partial charge in [0.25, 0.3) is 5.91 Å². The summed E-state index contributed by atoms with van der Waals surface area (Å²) in [7, 11) is 1.65. The quantitative estimate of drug-likeness (QED) is 0.543. The van der Waals surface area contributed by atoms with Gasteiger partial charge in [-0.15, -0.1) is 0 Å². The van der Waals surface area contributed by atoms with Crippen molar-refractivity contribution in [2.75, 3.05) is 7.11 Å². The molecule has 1 aromatic heterocycles. The summed E-state index contributed by atoms with van der Waals surface area (Å²) in [5.41, 5.74) is 3.47. The van der Waals surface area contributed by atoms with Crippen molar-refractivity contribution in [3.8, 4) is 11.5 Å². The second kappa shape index (κ2) is 8.61. The lowest BCUT2D eigenvalue weighted by Crippen LogP contribution is -2.32. The van der Waals surface area contributed by atoms with Crippen molar-refractivity contribution in [1.82, 2.24) is 10.1 Å². The van der Waals surface area contributed by atoms with Crippen LogP contribution in [0.5, 0.6) is 11.5 Å². The second-order valence-electron chi connectivity index (χ2n) is 7.63. The molecule has 2 aromatic carbocycles. The van der Waals surface area contributed by atoms with Crippen LogP contribution < -0.4 is 9.47 Å². The zero-order valence-corrected chi connectivity index (χ0v) is 17.6. The SMILES string of the molecule is COc1ccc(CN(C(=O)c2cccc(OCc3c(C)noc3C)c2)C2CC2)cc1. The fourth-order valence-electron chi connectivity index (χ4n) is 3.43. The maximum absolute atomic E-state index is 13.3. The van der Waals surface area contributed by atoms with Gasteiger partial charge < -0.3 is 18.9 Å². The molecule has 1 heterocycles. The number of aryl methyl sites for hydroxylation is 2. The number of carbonyl (C=O) groups excluding carboxylic acids is 1. The monoisotopic (exact) mass is 406 g/mol. The van der Waals surface area contributed by atoms with E-state index in [4.69, 9.17) is 14.0 Å². The molecule has 0 N–H and O–H groups in total. The highest BCUT2D eigenvalue weighted by Gasteiger charge is 2.33. The molecule has 0 radical (unpaired) electrons. The standard InChI is InChI=1S/C24H26N2O4/c1-16-23(17(2)30-25-16)15-29-22-6-4-5-19(13-22)24(27)26(20-9-10-20)14-18-7-11-21(28-3)12-8-18/h4-8,11-13,20H,9-10,14-15H2,1-3H3. The van der Waals surface area contributed by atoms with Crippen molar-refractivity contribution in [2.24, 2.45) is 0 Å². The number of methoxy groups -OCH3 is 1. The van der Waals surface area contributed by atoms with E-state index in [0.29, 0.717) is 30.5 Å². The highest BCUT2D eigenvalue weighted by atomic mass is 16.5. The summed E-state index contributed by atoms with van der Waals surface area (Å²) in [6, 6.07) is 15.5. The maximum Gasteiger partial charge on any atom is 0.254 e. The lowest BCUT2D eigenvalue weighted by molar-refractivity contribution is 0.0729. The topological polar surface area (TPSA) is 64.8 Å². The van der Waals surface area contributed by atoms with E-state index in [1.807, 2.05) is 67.3 Å². The van der Waals surface area contributed by atoms with E-state index in [9.17, 15) is 4.79 Å². The Bertz CT molecular complexity index is 1000. The van der Waals surface area contributed by atoms with Crippen LogP contribution in [0.25, 0.3) is 0 Å². The number of benzene rings is 2. The molecule has 0 aliphatic heterocycles. The molecule has 0 saturated heterocycles. The highest BCUT2D eigenvalue weighted by Crippen LogP contribution is 2.31. The molecule has 30 heavy (non-hydrogen) atoms. The first-order valence-electron chi connectivity index (χ1n) is 10.1. The molecular weight excluding hydrogens is 380 g/mol. The number of aromatic nitrogens is 1. The molecule has 1 aliphatic rings. The molecule has 0 atom stereocenters. The summed E-state index contributed by atoms with van der Waals surface area (Å²) in [6.07, 6.45) is 2.09. The van der Waals surface area contributed by atoms with Gasteiger partial charge in [0.15, 0.2) is 0 Å². The van der Waals surface area contributed by atoms with Gasteiger partial charge >= 0.3 is 0 Å². The first-order chi connectivity index (χ1) is 14.5. The van der Waals surface area contributed by atoms with Gasteiger partial charge in [-0.25, -0.2) is 0 Å². The molecular formula is C24H26N2O4. The number of ether oxygens (including phenoxy) is 2. The highest BCUT2D eigenvalue weighted by molar-refractivity contribution is 5.95. The summed E-state index contributed by atoms with van der Waals surface area (Å²) < 4.78 is 16.3. The van der Waals surface area contributed by atoms with E-state index >= 15 is 0 Å². The van der Waals surface area contributed by atoms with E-state index in [-0.39, 0.29) is 5.91 Å². The number of rotatable bonds is 8. The zero-order valence-electron chi connectivity index (χ0n) is 17.6. The predicted octanol–water partition coefficient (Wildman–Crippen LogP) is 4.68. The molecule has 1 aliphatic carbocycles. The van der Waals surface area contributed by atoms with Crippen LogP contribution in [0.4, 0.5) is 0 Å². The van der Waals surface area contributed by atoms with Crippen molar-refractivity contribution >= 4 is 5.91 Å². The van der Waals surface area contributed by atoms with Gasteiger partial charge in [0.1, 0.15) is 23.9 Å². The predicted molar refractivity (Wildman–Crippen MR) is 113 cm³/mol. The van der Waals surface area contributed by atoms with Crippen LogP contribution in [0.15, 0.2) is 53.1 Å². The third-order valence-corrected chi connectivity index (χ3v) is 5.41. The molecule has 3 aromatic rings. The third-order valence-electron chi connectivity index (χ3n) is 5.41. The number of amides is 1. The van der Waals surface area contributed by atoms with Crippen molar-refractivity contribution in [1.29, 1.82) is 0 Å². The van der Waals surface area contributed by atoms with E-state index in [1.165, 1.54) is 0 Å². The van der Waals surface area contributed by atoms with Gasteiger partial charge in [0.05, 0.1) is 18.4 Å². The van der Waals surface area contributed by atoms with Gasteiger partial charge in [0.2, 0.25) is 0 Å². The van der Waals surface area contributed by atoms with Crippen LogP contribution in [0.2, 0.25) is 0 Å². The molecule has 0 spiro atoms. The number of carbonyl (C=O) groups is 1. The van der Waals surface area contributed by atoms with Crippen LogP contribution in [-0.2, 0) is 13.2 Å². The maximum atomic E-state index is 13.3. The normalized spacial score (nSPS) is 13.2. The lowest BCUT2D eigenvalue weighted by Gasteiger charge is -2.23. The molecule has 1 saturated carbocycles. The second-order valence-corrected chi connectivity index (χ2v) is 7.63. The number of hydrogen-bond acceptors (Lipinski definition) is 5. The van der Waals surface area contributed by atoms with Crippen molar-refractivity contribution in [3.05, 3.63) is 76.7 Å². The minimum atomic E-state index is 0.0242. The van der Waals surface area contributed by atoms with Crippen LogP contribution >= 0.6 is 0 Å². The molecule has 1 amide bonds. The van der Waals surface area contributed by atoms with E-state index < -0.39 is 0 Å². The van der Waals surface area contributed by atoms with Gasteiger partial charge in [-0.05, 0) is 62.6 Å². The fraction of sp³-hybridized carbons (Fsp3) is 0.333. The van der Waals surface area contributed by atoms with Gasteiger partial charge in [-0.1, -0.05) is 23.4 Å². The van der Waals surface area contributed by atoms with Crippen molar-refractivity contribution < 1.29 is 18.8 Å². The largest absolute Gasteiger partial charge is 0.497 e. The van der Waals surface area contributed by atoms with Crippen molar-refractivity contribution in [3.63, 3.8) is 0 Å². The number of nitrogens with zero attached hydrogens (tertiary/aromatic N) is 2. The Labute approximate surface area is 176 Å². The van der Waals surface area contributed by atoms with Crippen molar-refractivity contribution in [2.45, 2.75) is 45.9 Å². The van der Waals surface area contributed by atoms with Gasteiger partial charge in [0, 0.05) is 18.2 Å². The van der Waals surface area contributed by atoms with E-state index in [0.717, 1.165) is 41.2 Å². The zero-order chi connectivity index (χ0) is 21.1. The molecule has 156 valence electrons. The smallest absolute Gasteiger partial charge is 0.254 e. The fourth-order valence-corrected chi connectivity index (χ4v) is 3.43. The minimum absolute atomic E-state index is 0.0242. The Balaban J connectivity index is 1.47. The summed E-state index contributed by atoms with van der Waals surface area (Å²) >= 11 is 0. The minimum Gasteiger partial charge on any atom is -0.497 e. The van der Waals surface area contributed by atoms with Crippen LogP contribution in [0.3, 0.4) is 0 Å². The Morgan fingerprint density at radius 2 is 1.90 bits per heavy atom. The number of hydrogen-bond donors (Lipinski definition) is 0. The summed E-state index contributed by atoms with van der Waals surface area (Å²) in [5.74, 6) is 2.24. The molecule has 6 heteroatoms. The average Bonchev–Trinajstić information content (AvgIpc) is 3.56.